The van der Waals surface area contributed by atoms with Gasteiger partial charge in [-0.05, 0) is 24.2 Å². The van der Waals surface area contributed by atoms with E-state index in [4.69, 9.17) is 0 Å². The van der Waals surface area contributed by atoms with Gasteiger partial charge in [-0.15, -0.1) is 11.3 Å². The first kappa shape index (κ1) is 10.7. The molecule has 0 fully saturated rings. The molecule has 0 aliphatic heterocycles. The van der Waals surface area contributed by atoms with Crippen LogP contribution >= 0.6 is 11.3 Å². The van der Waals surface area contributed by atoms with Crippen molar-refractivity contribution in [2.24, 2.45) is 7.05 Å². The SMILES string of the molecule is Cc1cc2c(s1)c(=O)c([S+](C)[O-])cn2C. The number of aromatic nitrogens is 1. The summed E-state index contributed by atoms with van der Waals surface area (Å²) < 4.78 is 13.9. The average molecular weight is 241 g/mol. The molecule has 0 aromatic carbocycles. The van der Waals surface area contributed by atoms with Crippen LogP contribution in [0.15, 0.2) is 22.0 Å². The van der Waals surface area contributed by atoms with Gasteiger partial charge in [-0.1, -0.05) is 0 Å². The van der Waals surface area contributed by atoms with Crippen molar-refractivity contribution >= 4 is 32.7 Å². The highest BCUT2D eigenvalue weighted by atomic mass is 32.2. The lowest BCUT2D eigenvalue weighted by atomic mass is 10.3. The molecule has 2 rings (SSSR count). The molecule has 0 amide bonds. The summed E-state index contributed by atoms with van der Waals surface area (Å²) in [6, 6.07) is 1.98. The van der Waals surface area contributed by atoms with E-state index in [2.05, 4.69) is 0 Å². The van der Waals surface area contributed by atoms with E-state index in [1.807, 2.05) is 24.6 Å². The van der Waals surface area contributed by atoms with Crippen LogP contribution in [-0.4, -0.2) is 15.4 Å². The molecular weight excluding hydrogens is 230 g/mol. The minimum Gasteiger partial charge on any atom is -0.612 e. The Morgan fingerprint density at radius 1 is 1.53 bits per heavy atom. The maximum Gasteiger partial charge on any atom is 0.254 e. The normalized spacial score (nSPS) is 13.3. The molecule has 0 N–H and O–H groups in total. The summed E-state index contributed by atoms with van der Waals surface area (Å²) in [5.74, 6) is 0. The van der Waals surface area contributed by atoms with Crippen molar-refractivity contribution in [2.75, 3.05) is 6.26 Å². The molecule has 0 saturated carbocycles. The first-order valence-electron chi connectivity index (χ1n) is 4.44. The Morgan fingerprint density at radius 2 is 2.20 bits per heavy atom. The molecule has 15 heavy (non-hydrogen) atoms. The average Bonchev–Trinajstić information content (AvgIpc) is 2.53. The van der Waals surface area contributed by atoms with Crippen LogP contribution in [0.1, 0.15) is 4.88 Å². The standard InChI is InChI=1S/C10H11NO2S2/c1-6-4-7-10(14-6)9(12)8(15(3)13)5-11(7)2/h4-5H,1-3H3. The van der Waals surface area contributed by atoms with Crippen LogP contribution < -0.4 is 5.43 Å². The Bertz CT molecular complexity index is 569. The third-order valence-electron chi connectivity index (χ3n) is 2.27. The fourth-order valence-corrected chi connectivity index (χ4v) is 3.28. The smallest absolute Gasteiger partial charge is 0.254 e. The number of hydrogen-bond acceptors (Lipinski definition) is 3. The van der Waals surface area contributed by atoms with E-state index in [1.54, 1.807) is 6.20 Å². The van der Waals surface area contributed by atoms with Crippen molar-refractivity contribution in [2.45, 2.75) is 11.8 Å². The Labute approximate surface area is 94.5 Å². The van der Waals surface area contributed by atoms with Gasteiger partial charge in [-0.25, -0.2) is 0 Å². The molecule has 0 aliphatic rings. The van der Waals surface area contributed by atoms with Crippen molar-refractivity contribution in [3.8, 4) is 0 Å². The molecule has 2 heterocycles. The Kier molecular flexibility index (Phi) is 2.62. The van der Waals surface area contributed by atoms with E-state index in [-0.39, 0.29) is 5.43 Å². The maximum atomic E-state index is 11.9. The van der Waals surface area contributed by atoms with Crippen LogP contribution in [0.25, 0.3) is 10.2 Å². The third kappa shape index (κ3) is 1.71. The third-order valence-corrected chi connectivity index (χ3v) is 4.21. The summed E-state index contributed by atoms with van der Waals surface area (Å²) in [6.45, 7) is 1.96. The second-order valence-electron chi connectivity index (χ2n) is 3.46. The summed E-state index contributed by atoms with van der Waals surface area (Å²) in [4.78, 5) is 13.4. The summed E-state index contributed by atoms with van der Waals surface area (Å²) in [6.07, 6.45) is 3.19. The van der Waals surface area contributed by atoms with Gasteiger partial charge in [0.1, 0.15) is 11.0 Å². The van der Waals surface area contributed by atoms with Gasteiger partial charge in [0.2, 0.25) is 4.90 Å². The summed E-state index contributed by atoms with van der Waals surface area (Å²) >= 11 is 0.232. The molecule has 2 aromatic heterocycles. The number of aryl methyl sites for hydroxylation is 2. The molecule has 80 valence electrons. The van der Waals surface area contributed by atoms with Gasteiger partial charge in [0, 0.05) is 11.9 Å². The molecule has 1 atom stereocenters. The first-order valence-corrected chi connectivity index (χ1v) is 6.81. The van der Waals surface area contributed by atoms with Gasteiger partial charge in [0.25, 0.3) is 5.43 Å². The van der Waals surface area contributed by atoms with E-state index in [0.717, 1.165) is 10.4 Å². The zero-order valence-corrected chi connectivity index (χ0v) is 10.4. The second kappa shape index (κ2) is 3.66. The van der Waals surface area contributed by atoms with Crippen LogP contribution in [0.2, 0.25) is 0 Å². The monoisotopic (exact) mass is 241 g/mol. The minimum atomic E-state index is -1.22. The quantitative estimate of drug-likeness (QED) is 0.713. The van der Waals surface area contributed by atoms with Crippen molar-refractivity contribution < 1.29 is 4.55 Å². The molecule has 5 heteroatoms. The number of pyridine rings is 1. The number of nitrogens with zero attached hydrogens (tertiary/aromatic N) is 1. The molecule has 0 bridgehead atoms. The number of thiophene rings is 1. The Morgan fingerprint density at radius 3 is 2.80 bits per heavy atom. The fraction of sp³-hybridized carbons (Fsp3) is 0.300. The first-order chi connectivity index (χ1) is 7.00. The van der Waals surface area contributed by atoms with E-state index < -0.39 is 11.2 Å². The predicted molar refractivity (Wildman–Crippen MR) is 64.1 cm³/mol. The number of rotatable bonds is 1. The molecule has 0 spiro atoms. The molecule has 3 nitrogen and oxygen atoms in total. The Hall–Kier alpha value is -0.780. The van der Waals surface area contributed by atoms with Crippen LogP contribution in [0.3, 0.4) is 0 Å². The molecule has 2 aromatic rings. The predicted octanol–water partition coefficient (Wildman–Crippen LogP) is 1.65. The van der Waals surface area contributed by atoms with Gasteiger partial charge in [0.15, 0.2) is 0 Å². The van der Waals surface area contributed by atoms with Crippen LogP contribution in [0.5, 0.6) is 0 Å². The molecule has 0 radical (unpaired) electrons. The van der Waals surface area contributed by atoms with Gasteiger partial charge < -0.3 is 9.12 Å². The highest BCUT2D eigenvalue weighted by molar-refractivity contribution is 7.90. The summed E-state index contributed by atoms with van der Waals surface area (Å²) in [5, 5.41) is 0. The van der Waals surface area contributed by atoms with Gasteiger partial charge in [-0.3, -0.25) is 4.79 Å². The van der Waals surface area contributed by atoms with Crippen molar-refractivity contribution in [1.82, 2.24) is 4.57 Å². The Balaban J connectivity index is 2.90. The number of hydrogen-bond donors (Lipinski definition) is 0. The lowest BCUT2D eigenvalue weighted by Crippen LogP contribution is -2.15. The maximum absolute atomic E-state index is 11.9. The molecule has 1 unspecified atom stereocenters. The summed E-state index contributed by atoms with van der Waals surface area (Å²) in [5.41, 5.74) is 0.818. The topological polar surface area (TPSA) is 45.1 Å². The highest BCUT2D eigenvalue weighted by Gasteiger charge is 2.16. The van der Waals surface area contributed by atoms with Gasteiger partial charge in [0.05, 0.1) is 11.7 Å². The largest absolute Gasteiger partial charge is 0.612 e. The van der Waals surface area contributed by atoms with Crippen molar-refractivity contribution in [1.29, 1.82) is 0 Å². The fourth-order valence-electron chi connectivity index (χ4n) is 1.55. The van der Waals surface area contributed by atoms with E-state index >= 15 is 0 Å². The molecular formula is C10H11NO2S2. The zero-order chi connectivity index (χ0) is 11.2. The van der Waals surface area contributed by atoms with Crippen LogP contribution in [-0.2, 0) is 18.2 Å². The van der Waals surface area contributed by atoms with E-state index in [0.29, 0.717) is 9.60 Å². The second-order valence-corrected chi connectivity index (χ2v) is 6.06. The van der Waals surface area contributed by atoms with Crippen molar-refractivity contribution in [3.05, 3.63) is 27.4 Å². The summed E-state index contributed by atoms with van der Waals surface area (Å²) in [7, 11) is 1.87. The number of fused-ring (bicyclic) bond motifs is 1. The van der Waals surface area contributed by atoms with Gasteiger partial charge >= 0.3 is 0 Å². The lowest BCUT2D eigenvalue weighted by Gasteiger charge is -2.06. The van der Waals surface area contributed by atoms with E-state index in [9.17, 15) is 9.35 Å². The van der Waals surface area contributed by atoms with E-state index in [1.165, 1.54) is 17.6 Å². The van der Waals surface area contributed by atoms with Crippen LogP contribution in [0, 0.1) is 6.92 Å². The highest BCUT2D eigenvalue weighted by Crippen LogP contribution is 2.22. The van der Waals surface area contributed by atoms with Crippen molar-refractivity contribution in [3.63, 3.8) is 0 Å². The van der Waals surface area contributed by atoms with Crippen LogP contribution in [0.4, 0.5) is 0 Å². The molecule has 0 saturated heterocycles. The zero-order valence-electron chi connectivity index (χ0n) is 8.73. The minimum absolute atomic E-state index is 0.0953. The lowest BCUT2D eigenvalue weighted by molar-refractivity contribution is 0.599. The molecule has 0 aliphatic carbocycles. The van der Waals surface area contributed by atoms with Gasteiger partial charge in [-0.2, -0.15) is 0 Å².